The van der Waals surface area contributed by atoms with Gasteiger partial charge in [-0.15, -0.1) is 5.10 Å². The molecule has 6 heteroatoms. The average Bonchev–Trinajstić information content (AvgIpc) is 2.81. The molecular weight excluding hydrogens is 273 g/mol. The predicted octanol–water partition coefficient (Wildman–Crippen LogP) is 3.50. The molecule has 1 aromatic heterocycles. The minimum absolute atomic E-state index is 0.450. The van der Waals surface area contributed by atoms with Gasteiger partial charge in [0.25, 0.3) is 0 Å². The van der Waals surface area contributed by atoms with Crippen molar-refractivity contribution in [2.24, 2.45) is 0 Å². The lowest BCUT2D eigenvalue weighted by molar-refractivity contribution is 0.119. The molecule has 1 heterocycles. The molecule has 0 spiro atoms. The molecule has 0 saturated heterocycles. The number of ether oxygens (including phenoxy) is 1. The second-order valence-corrected chi connectivity index (χ2v) is 4.65. The lowest BCUT2D eigenvalue weighted by Gasteiger charge is -2.03. The van der Waals surface area contributed by atoms with Gasteiger partial charge >= 0.3 is 0 Å². The summed E-state index contributed by atoms with van der Waals surface area (Å²) in [6.45, 7) is 3.22. The van der Waals surface area contributed by atoms with E-state index in [9.17, 15) is 0 Å². The Hall–Kier alpha value is -1.10. The number of rotatable bonds is 5. The number of nitrogens with zero attached hydrogens (tertiary/aromatic N) is 3. The molecule has 2 aromatic rings. The number of hydrogen-bond acceptors (Lipinski definition) is 3. The third kappa shape index (κ3) is 3.22. The molecule has 2 rings (SSSR count). The number of hydrogen-bond donors (Lipinski definition) is 0. The number of halogens is 2. The van der Waals surface area contributed by atoms with Crippen LogP contribution in [0.3, 0.4) is 0 Å². The van der Waals surface area contributed by atoms with Crippen LogP contribution in [0.25, 0.3) is 5.69 Å². The first-order chi connectivity index (χ1) is 8.70. The Morgan fingerprint density at radius 3 is 2.94 bits per heavy atom. The Balaban J connectivity index is 2.16. The van der Waals surface area contributed by atoms with Crippen LogP contribution in [-0.2, 0) is 11.3 Å². The molecule has 0 N–H and O–H groups in total. The zero-order chi connectivity index (χ0) is 13.0. The monoisotopic (exact) mass is 285 g/mol. The molecule has 0 aliphatic carbocycles. The van der Waals surface area contributed by atoms with E-state index in [-0.39, 0.29) is 0 Å². The predicted molar refractivity (Wildman–Crippen MR) is 71.3 cm³/mol. The third-order valence-corrected chi connectivity index (χ3v) is 2.85. The largest absolute Gasteiger partial charge is 0.375 e. The molecule has 0 atom stereocenters. The molecule has 0 aliphatic rings. The first-order valence-corrected chi connectivity index (χ1v) is 6.40. The van der Waals surface area contributed by atoms with Gasteiger partial charge in [-0.1, -0.05) is 35.3 Å². The van der Waals surface area contributed by atoms with Gasteiger partial charge in [-0.3, -0.25) is 0 Å². The average molecular weight is 286 g/mol. The molecule has 0 aliphatic heterocycles. The molecule has 96 valence electrons. The van der Waals surface area contributed by atoms with E-state index in [1.54, 1.807) is 29.1 Å². The maximum absolute atomic E-state index is 6.09. The van der Waals surface area contributed by atoms with E-state index in [1.165, 1.54) is 0 Å². The molecule has 18 heavy (non-hydrogen) atoms. The highest BCUT2D eigenvalue weighted by Crippen LogP contribution is 2.23. The summed E-state index contributed by atoms with van der Waals surface area (Å²) in [5.41, 5.74) is 1.47. The summed E-state index contributed by atoms with van der Waals surface area (Å²) in [5, 5.41) is 9.21. The number of aromatic nitrogens is 3. The van der Waals surface area contributed by atoms with Gasteiger partial charge in [0, 0.05) is 11.6 Å². The van der Waals surface area contributed by atoms with Gasteiger partial charge in [0.15, 0.2) is 0 Å². The summed E-state index contributed by atoms with van der Waals surface area (Å²) in [7, 11) is 0. The minimum atomic E-state index is 0.450. The van der Waals surface area contributed by atoms with E-state index in [1.807, 2.05) is 0 Å². The molecule has 0 bridgehead atoms. The summed E-state index contributed by atoms with van der Waals surface area (Å²) in [6, 6.07) is 5.21. The van der Waals surface area contributed by atoms with E-state index >= 15 is 0 Å². The van der Waals surface area contributed by atoms with Gasteiger partial charge in [-0.2, -0.15) is 0 Å². The fraction of sp³-hybridized carbons (Fsp3) is 0.333. The zero-order valence-electron chi connectivity index (χ0n) is 9.94. The summed E-state index contributed by atoms with van der Waals surface area (Å²) < 4.78 is 6.99. The van der Waals surface area contributed by atoms with E-state index < -0.39 is 0 Å². The van der Waals surface area contributed by atoms with Crippen LogP contribution >= 0.6 is 23.2 Å². The molecule has 0 amide bonds. The third-order valence-electron chi connectivity index (χ3n) is 2.29. The van der Waals surface area contributed by atoms with Crippen molar-refractivity contribution in [3.63, 3.8) is 0 Å². The van der Waals surface area contributed by atoms with Gasteiger partial charge in [-0.05, 0) is 24.6 Å². The van der Waals surface area contributed by atoms with E-state index in [0.717, 1.165) is 12.1 Å². The maximum atomic E-state index is 6.09. The second-order valence-electron chi connectivity index (χ2n) is 3.80. The van der Waals surface area contributed by atoms with Gasteiger partial charge in [-0.25, -0.2) is 4.68 Å². The highest BCUT2D eigenvalue weighted by Gasteiger charge is 2.07. The lowest BCUT2D eigenvalue weighted by Crippen LogP contribution is -1.96. The van der Waals surface area contributed by atoms with Crippen molar-refractivity contribution in [2.45, 2.75) is 20.0 Å². The van der Waals surface area contributed by atoms with Crippen molar-refractivity contribution in [1.82, 2.24) is 15.0 Å². The zero-order valence-corrected chi connectivity index (χ0v) is 11.4. The topological polar surface area (TPSA) is 39.9 Å². The van der Waals surface area contributed by atoms with Crippen LogP contribution < -0.4 is 0 Å². The standard InChI is InChI=1S/C12H13Cl2N3O/c1-2-5-18-8-10-7-17(16-15-10)12-6-9(13)3-4-11(12)14/h3-4,6-7H,2,5,8H2,1H3. The van der Waals surface area contributed by atoms with Crippen LogP contribution in [0.2, 0.25) is 10.0 Å². The van der Waals surface area contributed by atoms with Crippen molar-refractivity contribution in [3.05, 3.63) is 40.1 Å². The number of benzene rings is 1. The first-order valence-electron chi connectivity index (χ1n) is 5.65. The summed E-state index contributed by atoms with van der Waals surface area (Å²) in [6.07, 6.45) is 2.77. The van der Waals surface area contributed by atoms with Gasteiger partial charge in [0.1, 0.15) is 5.69 Å². The SMILES string of the molecule is CCCOCc1cn(-c2cc(Cl)ccc2Cl)nn1. The molecule has 4 nitrogen and oxygen atoms in total. The molecule has 0 saturated carbocycles. The summed E-state index contributed by atoms with van der Waals surface area (Å²) in [4.78, 5) is 0. The molecule has 0 fully saturated rings. The fourth-order valence-corrected chi connectivity index (χ4v) is 1.84. The summed E-state index contributed by atoms with van der Waals surface area (Å²) in [5.74, 6) is 0. The highest BCUT2D eigenvalue weighted by atomic mass is 35.5. The van der Waals surface area contributed by atoms with Gasteiger partial charge in [0.2, 0.25) is 0 Å². The lowest BCUT2D eigenvalue weighted by atomic mass is 10.3. The van der Waals surface area contributed by atoms with Crippen LogP contribution in [0.1, 0.15) is 19.0 Å². The van der Waals surface area contributed by atoms with Crippen LogP contribution in [0.5, 0.6) is 0 Å². The molecule has 1 aromatic carbocycles. The fourth-order valence-electron chi connectivity index (χ4n) is 1.46. The van der Waals surface area contributed by atoms with E-state index in [4.69, 9.17) is 27.9 Å². The van der Waals surface area contributed by atoms with Crippen LogP contribution in [0, 0.1) is 0 Å². The smallest absolute Gasteiger partial charge is 0.109 e. The normalized spacial score (nSPS) is 10.8. The highest BCUT2D eigenvalue weighted by molar-refractivity contribution is 6.34. The van der Waals surface area contributed by atoms with E-state index in [0.29, 0.717) is 28.9 Å². The van der Waals surface area contributed by atoms with Crippen molar-refractivity contribution in [3.8, 4) is 5.69 Å². The maximum Gasteiger partial charge on any atom is 0.109 e. The Morgan fingerprint density at radius 1 is 1.33 bits per heavy atom. The Morgan fingerprint density at radius 2 is 2.17 bits per heavy atom. The molecule has 0 radical (unpaired) electrons. The van der Waals surface area contributed by atoms with Crippen molar-refractivity contribution in [1.29, 1.82) is 0 Å². The Bertz CT molecular complexity index is 528. The van der Waals surface area contributed by atoms with Crippen molar-refractivity contribution < 1.29 is 4.74 Å². The Labute approximate surface area is 115 Å². The van der Waals surface area contributed by atoms with Crippen LogP contribution in [0.4, 0.5) is 0 Å². The van der Waals surface area contributed by atoms with Crippen LogP contribution in [-0.4, -0.2) is 21.6 Å². The van der Waals surface area contributed by atoms with Gasteiger partial charge < -0.3 is 4.74 Å². The van der Waals surface area contributed by atoms with Crippen LogP contribution in [0.15, 0.2) is 24.4 Å². The van der Waals surface area contributed by atoms with Gasteiger partial charge in [0.05, 0.1) is 23.5 Å². The second kappa shape index (κ2) is 6.18. The van der Waals surface area contributed by atoms with Crippen molar-refractivity contribution >= 4 is 23.2 Å². The quantitative estimate of drug-likeness (QED) is 0.790. The molecular formula is C12H13Cl2N3O. The summed E-state index contributed by atoms with van der Waals surface area (Å²) >= 11 is 12.0. The molecule has 0 unspecified atom stereocenters. The first kappa shape index (κ1) is 13.3. The minimum Gasteiger partial charge on any atom is -0.375 e. The van der Waals surface area contributed by atoms with E-state index in [2.05, 4.69) is 17.2 Å². The van der Waals surface area contributed by atoms with Crippen molar-refractivity contribution in [2.75, 3.05) is 6.61 Å². The Kier molecular flexibility index (Phi) is 4.58.